The number of rotatable bonds is 6. The second-order valence-electron chi connectivity index (χ2n) is 17.5. The second-order valence-corrected chi connectivity index (χ2v) is 17.5. The molecular weight excluding hydrogens is 954 g/mol. The number of benzene rings is 9. The van der Waals surface area contributed by atoms with Gasteiger partial charge in [-0.15, -0.1) is 0 Å². The Morgan fingerprint density at radius 1 is 0.395 bits per heavy atom. The summed E-state index contributed by atoms with van der Waals surface area (Å²) in [6.07, 6.45) is -4.70. The normalized spacial score (nSPS) is 11.0. The van der Waals surface area contributed by atoms with Crippen molar-refractivity contribution in [2.45, 2.75) is 6.18 Å². The van der Waals surface area contributed by atoms with Crippen molar-refractivity contribution in [3.8, 4) is 74.1 Å². The SMILES string of the molecule is [C-]#[N+]c1cc(C#N)c(-c2ccc3c(c2)c2ccccc2n3-c2ccc(-c3ccc(C(F)(F)F)cc3[N+]#[C-])cc2-c2ccc(C#N)cc2-n2c3ccccc3c3cc(-c4c([N+]#[C-])cc(C#N)cc4[N+]#[C-])ccc32)c([N+]#[C-])c1. The van der Waals surface area contributed by atoms with E-state index in [-0.39, 0.29) is 45.1 Å². The van der Waals surface area contributed by atoms with Crippen LogP contribution in [0.15, 0.2) is 164 Å². The van der Waals surface area contributed by atoms with Gasteiger partial charge in [0, 0.05) is 54.9 Å². The molecule has 2 aromatic heterocycles. The summed E-state index contributed by atoms with van der Waals surface area (Å²) in [5.41, 5.74) is 8.01. The Hall–Kier alpha value is -11.7. The Labute approximate surface area is 431 Å². The molecule has 9 aromatic carbocycles. The standard InChI is InChI=1S/C63H27F3N10/c1-70-43-27-41(35-69)61(54(32-43)74-5)39-16-22-58-49(29-39)45-10-6-8-12-55(45)75(58)57-21-15-38(44-20-18-42(63(64,65)66)31-51(44)71-2)28-48(57)47-19-14-36(33-67)26-60(47)76-56-13-9-7-11-46(56)50-30-40(17-23-59(50)76)62-52(72-3)24-37(34-68)25-53(62)73-4/h6-32H. The fourth-order valence-corrected chi connectivity index (χ4v) is 10.3. The molecule has 0 saturated carbocycles. The third-order valence-electron chi connectivity index (χ3n) is 13.5. The molecule has 76 heavy (non-hydrogen) atoms. The number of hydrogen-bond donors (Lipinski definition) is 0. The maximum atomic E-state index is 14.1. The molecule has 0 spiro atoms. The Kier molecular flexibility index (Phi) is 11.1. The number of para-hydroxylation sites is 2. The van der Waals surface area contributed by atoms with Crippen molar-refractivity contribution in [2.24, 2.45) is 0 Å². The van der Waals surface area contributed by atoms with E-state index in [4.69, 9.17) is 32.9 Å². The lowest BCUT2D eigenvalue weighted by Crippen LogP contribution is -2.04. The molecule has 0 fully saturated rings. The quantitative estimate of drug-likeness (QED) is 0.155. The van der Waals surface area contributed by atoms with E-state index in [1.807, 2.05) is 114 Å². The minimum atomic E-state index is -4.70. The molecule has 2 heterocycles. The predicted molar refractivity (Wildman–Crippen MR) is 287 cm³/mol. The highest BCUT2D eigenvalue weighted by molar-refractivity contribution is 6.14. The number of halogens is 3. The molecule has 0 bridgehead atoms. The summed E-state index contributed by atoms with van der Waals surface area (Å²) in [5.74, 6) is 0. The van der Waals surface area contributed by atoms with E-state index in [1.165, 1.54) is 30.3 Å². The highest BCUT2D eigenvalue weighted by Gasteiger charge is 2.31. The van der Waals surface area contributed by atoms with E-state index < -0.39 is 11.7 Å². The Balaban J connectivity index is 1.22. The van der Waals surface area contributed by atoms with Gasteiger partial charge in [-0.25, -0.2) is 24.2 Å². The minimum Gasteiger partial charge on any atom is -0.309 e. The van der Waals surface area contributed by atoms with Gasteiger partial charge in [-0.2, -0.15) is 29.0 Å². The number of nitriles is 3. The Morgan fingerprint density at radius 2 is 0.934 bits per heavy atom. The number of nitrogens with zero attached hydrogens (tertiary/aromatic N) is 10. The lowest BCUT2D eigenvalue weighted by Gasteiger charge is -2.20. The lowest BCUT2D eigenvalue weighted by molar-refractivity contribution is -0.137. The molecule has 10 nitrogen and oxygen atoms in total. The van der Waals surface area contributed by atoms with Crippen molar-refractivity contribution >= 4 is 72.0 Å². The van der Waals surface area contributed by atoms with E-state index in [9.17, 15) is 29.0 Å². The zero-order valence-corrected chi connectivity index (χ0v) is 39.2. The van der Waals surface area contributed by atoms with Crippen molar-refractivity contribution in [3.05, 3.63) is 243 Å². The van der Waals surface area contributed by atoms with Crippen LogP contribution in [0.5, 0.6) is 0 Å². The molecule has 350 valence electrons. The van der Waals surface area contributed by atoms with Gasteiger partial charge >= 0.3 is 6.18 Å². The van der Waals surface area contributed by atoms with Crippen molar-refractivity contribution in [1.29, 1.82) is 15.8 Å². The molecule has 11 rings (SSSR count). The molecule has 0 saturated heterocycles. The summed E-state index contributed by atoms with van der Waals surface area (Å²) >= 11 is 0. The van der Waals surface area contributed by atoms with Crippen molar-refractivity contribution < 1.29 is 13.2 Å². The molecule has 0 aliphatic carbocycles. The second kappa shape index (κ2) is 18.2. The van der Waals surface area contributed by atoms with Crippen LogP contribution in [0.1, 0.15) is 22.3 Å². The van der Waals surface area contributed by atoms with Crippen LogP contribution < -0.4 is 0 Å². The average Bonchev–Trinajstić information content (AvgIpc) is 4.06. The molecule has 0 N–H and O–H groups in total. The molecule has 0 radical (unpaired) electrons. The number of hydrogen-bond acceptors (Lipinski definition) is 3. The molecule has 0 aliphatic rings. The first-order valence-electron chi connectivity index (χ1n) is 23.0. The maximum absolute atomic E-state index is 14.1. The molecule has 0 unspecified atom stereocenters. The Bertz CT molecular complexity index is 4680. The van der Waals surface area contributed by atoms with Crippen LogP contribution in [0.2, 0.25) is 0 Å². The molecule has 0 atom stereocenters. The topological polar surface area (TPSA) is 103 Å². The van der Waals surface area contributed by atoms with Crippen molar-refractivity contribution in [1.82, 2.24) is 9.13 Å². The minimum absolute atomic E-state index is 0.149. The largest absolute Gasteiger partial charge is 0.415 e. The third kappa shape index (κ3) is 7.44. The molecule has 11 aromatic rings. The van der Waals surface area contributed by atoms with Gasteiger partial charge in [0.1, 0.15) is 0 Å². The van der Waals surface area contributed by atoms with Crippen LogP contribution in [0.4, 0.5) is 41.6 Å². The maximum Gasteiger partial charge on any atom is 0.415 e. The fourth-order valence-electron chi connectivity index (χ4n) is 10.3. The van der Waals surface area contributed by atoms with Crippen LogP contribution >= 0.6 is 0 Å². The third-order valence-corrected chi connectivity index (χ3v) is 13.5. The van der Waals surface area contributed by atoms with Gasteiger partial charge in [0.25, 0.3) is 0 Å². The van der Waals surface area contributed by atoms with E-state index in [0.29, 0.717) is 61.4 Å². The smallest absolute Gasteiger partial charge is 0.309 e. The first kappa shape index (κ1) is 46.7. The van der Waals surface area contributed by atoms with Gasteiger partial charge in [-0.05, 0) is 113 Å². The molecule has 0 amide bonds. The van der Waals surface area contributed by atoms with E-state index in [2.05, 4.69) is 40.9 Å². The molecular formula is C63H27F3N10. The van der Waals surface area contributed by atoms with Gasteiger partial charge in [-0.3, -0.25) is 0 Å². The highest BCUT2D eigenvalue weighted by atomic mass is 19.4. The van der Waals surface area contributed by atoms with Crippen molar-refractivity contribution in [3.63, 3.8) is 0 Å². The first-order chi connectivity index (χ1) is 36.9. The summed E-state index contributed by atoms with van der Waals surface area (Å²) in [6, 6.07) is 52.7. The van der Waals surface area contributed by atoms with Gasteiger partial charge in [0.2, 0.25) is 0 Å². The zero-order valence-electron chi connectivity index (χ0n) is 39.2. The number of aromatic nitrogens is 2. The summed E-state index contributed by atoms with van der Waals surface area (Å²) in [4.78, 5) is 18.1. The van der Waals surface area contributed by atoms with E-state index in [0.717, 1.165) is 50.2 Å². The number of alkyl halides is 3. The predicted octanol–water partition coefficient (Wildman–Crippen LogP) is 17.9. The Morgan fingerprint density at radius 3 is 1.50 bits per heavy atom. The monoisotopic (exact) mass is 980 g/mol. The van der Waals surface area contributed by atoms with Crippen LogP contribution in [-0.4, -0.2) is 9.13 Å². The van der Waals surface area contributed by atoms with Crippen molar-refractivity contribution in [2.75, 3.05) is 0 Å². The summed E-state index contributed by atoms with van der Waals surface area (Å²) < 4.78 is 46.3. The van der Waals surface area contributed by atoms with Crippen LogP contribution in [0.3, 0.4) is 0 Å². The van der Waals surface area contributed by atoms with Crippen LogP contribution in [-0.2, 0) is 6.18 Å². The summed E-state index contributed by atoms with van der Waals surface area (Å²) in [6.45, 7) is 39.6. The molecule has 13 heteroatoms. The van der Waals surface area contributed by atoms with Gasteiger partial charge in [-0.1, -0.05) is 78.9 Å². The number of fused-ring (bicyclic) bond motifs is 6. The summed E-state index contributed by atoms with van der Waals surface area (Å²) in [7, 11) is 0. The van der Waals surface area contributed by atoms with Crippen LogP contribution in [0, 0.1) is 66.9 Å². The average molecular weight is 981 g/mol. The lowest BCUT2D eigenvalue weighted by atomic mass is 9.93. The van der Waals surface area contributed by atoms with Gasteiger partial charge in [0.15, 0.2) is 28.4 Å². The molecule has 0 aliphatic heterocycles. The van der Waals surface area contributed by atoms with Gasteiger partial charge < -0.3 is 9.13 Å². The van der Waals surface area contributed by atoms with E-state index >= 15 is 0 Å². The first-order valence-corrected chi connectivity index (χ1v) is 23.0. The van der Waals surface area contributed by atoms with Gasteiger partial charge in [0.05, 0.1) is 90.1 Å². The van der Waals surface area contributed by atoms with Crippen LogP contribution in [0.25, 0.3) is 124 Å². The fraction of sp³-hybridized carbons (Fsp3) is 0.0159. The highest BCUT2D eigenvalue weighted by Crippen LogP contribution is 2.48. The summed E-state index contributed by atoms with van der Waals surface area (Å²) in [5, 5.41) is 33.6. The zero-order chi connectivity index (χ0) is 53.0. The van der Waals surface area contributed by atoms with E-state index in [1.54, 1.807) is 18.2 Å².